The number of amides is 3. The number of piperazine rings is 1. The SMILES string of the molecule is CCC1C(=O)NCCN1C(=O)NCC(C)(O)C(=O)O. The number of nitrogens with zero attached hydrogens (tertiary/aromatic N) is 1. The van der Waals surface area contributed by atoms with Crippen LogP contribution in [0.2, 0.25) is 0 Å². The van der Waals surface area contributed by atoms with E-state index in [1.807, 2.05) is 0 Å². The van der Waals surface area contributed by atoms with Gasteiger partial charge >= 0.3 is 12.0 Å². The fraction of sp³-hybridized carbons (Fsp3) is 0.727. The molecular weight excluding hydrogens is 254 g/mol. The van der Waals surface area contributed by atoms with Crippen LogP contribution < -0.4 is 10.6 Å². The van der Waals surface area contributed by atoms with Gasteiger partial charge in [-0.25, -0.2) is 9.59 Å². The molecule has 0 saturated carbocycles. The Kier molecular flexibility index (Phi) is 4.71. The van der Waals surface area contributed by atoms with Gasteiger partial charge in [0, 0.05) is 13.1 Å². The average Bonchev–Trinajstić information content (AvgIpc) is 2.35. The average molecular weight is 273 g/mol. The highest BCUT2D eigenvalue weighted by atomic mass is 16.4. The lowest BCUT2D eigenvalue weighted by Crippen LogP contribution is -2.60. The Labute approximate surface area is 110 Å². The highest BCUT2D eigenvalue weighted by Gasteiger charge is 2.34. The molecule has 1 rings (SSSR count). The van der Waals surface area contributed by atoms with Gasteiger partial charge in [-0.15, -0.1) is 0 Å². The molecular formula is C11H19N3O5. The molecule has 1 aliphatic heterocycles. The molecule has 1 heterocycles. The van der Waals surface area contributed by atoms with Gasteiger partial charge in [0.1, 0.15) is 6.04 Å². The maximum absolute atomic E-state index is 11.9. The van der Waals surface area contributed by atoms with Gasteiger partial charge < -0.3 is 25.7 Å². The first kappa shape index (κ1) is 15.2. The van der Waals surface area contributed by atoms with E-state index < -0.39 is 30.2 Å². The molecule has 1 aliphatic rings. The number of aliphatic hydroxyl groups is 1. The van der Waals surface area contributed by atoms with Gasteiger partial charge in [-0.2, -0.15) is 0 Å². The summed E-state index contributed by atoms with van der Waals surface area (Å²) in [5.74, 6) is -1.65. The Morgan fingerprint density at radius 3 is 2.74 bits per heavy atom. The third-order valence-electron chi connectivity index (χ3n) is 3.02. The topological polar surface area (TPSA) is 119 Å². The quantitative estimate of drug-likeness (QED) is 0.510. The van der Waals surface area contributed by atoms with Gasteiger partial charge in [-0.05, 0) is 13.3 Å². The van der Waals surface area contributed by atoms with Gasteiger partial charge in [0.05, 0.1) is 6.54 Å². The fourth-order valence-corrected chi connectivity index (χ4v) is 1.79. The van der Waals surface area contributed by atoms with Gasteiger partial charge in [0.15, 0.2) is 5.60 Å². The molecule has 0 aromatic rings. The summed E-state index contributed by atoms with van der Waals surface area (Å²) in [6, 6.07) is -1.12. The summed E-state index contributed by atoms with van der Waals surface area (Å²) in [7, 11) is 0. The van der Waals surface area contributed by atoms with Crippen LogP contribution in [0, 0.1) is 0 Å². The Bertz CT molecular complexity index is 383. The van der Waals surface area contributed by atoms with Crippen molar-refractivity contribution < 1.29 is 24.6 Å². The predicted octanol–water partition coefficient (Wildman–Crippen LogP) is -1.26. The number of aliphatic carboxylic acids is 1. The number of carboxylic acid groups (broad SMARTS) is 1. The molecule has 0 aromatic carbocycles. The first-order chi connectivity index (χ1) is 8.79. The fourth-order valence-electron chi connectivity index (χ4n) is 1.79. The minimum Gasteiger partial charge on any atom is -0.479 e. The minimum atomic E-state index is -2.03. The molecule has 0 aliphatic carbocycles. The molecule has 2 atom stereocenters. The third kappa shape index (κ3) is 3.57. The number of rotatable bonds is 4. The molecule has 1 fully saturated rings. The smallest absolute Gasteiger partial charge is 0.337 e. The number of hydrogen-bond acceptors (Lipinski definition) is 4. The number of carboxylic acids is 1. The number of carbonyl (C=O) groups is 3. The molecule has 1 saturated heterocycles. The summed E-state index contributed by atoms with van der Waals surface area (Å²) < 4.78 is 0. The molecule has 108 valence electrons. The van der Waals surface area contributed by atoms with Crippen molar-refractivity contribution in [1.82, 2.24) is 15.5 Å². The number of nitrogens with one attached hydrogen (secondary N) is 2. The molecule has 2 unspecified atom stereocenters. The van der Waals surface area contributed by atoms with Crippen LogP contribution >= 0.6 is 0 Å². The second kappa shape index (κ2) is 5.87. The van der Waals surface area contributed by atoms with Crippen molar-refractivity contribution in [2.24, 2.45) is 0 Å². The summed E-state index contributed by atoms with van der Waals surface area (Å²) >= 11 is 0. The van der Waals surface area contributed by atoms with Crippen molar-refractivity contribution in [2.75, 3.05) is 19.6 Å². The van der Waals surface area contributed by atoms with E-state index in [-0.39, 0.29) is 5.91 Å². The summed E-state index contributed by atoms with van der Waals surface area (Å²) in [5.41, 5.74) is -2.03. The normalized spacial score (nSPS) is 22.4. The molecule has 0 radical (unpaired) electrons. The van der Waals surface area contributed by atoms with E-state index in [4.69, 9.17) is 5.11 Å². The number of carbonyl (C=O) groups excluding carboxylic acids is 2. The summed E-state index contributed by atoms with van der Waals surface area (Å²) in [4.78, 5) is 35.5. The van der Waals surface area contributed by atoms with Gasteiger partial charge in [-0.1, -0.05) is 6.92 Å². The second-order valence-corrected chi connectivity index (χ2v) is 4.65. The van der Waals surface area contributed by atoms with Crippen molar-refractivity contribution in [2.45, 2.75) is 31.9 Å². The van der Waals surface area contributed by atoms with E-state index in [9.17, 15) is 19.5 Å². The zero-order chi connectivity index (χ0) is 14.6. The standard InChI is InChI=1S/C11H19N3O5/c1-3-7-8(15)12-4-5-14(7)10(18)13-6-11(2,19)9(16)17/h7,19H,3-6H2,1-2H3,(H,12,15)(H,13,18)(H,16,17). The van der Waals surface area contributed by atoms with Gasteiger partial charge in [0.2, 0.25) is 5.91 Å². The molecule has 0 aromatic heterocycles. The van der Waals surface area contributed by atoms with E-state index in [0.29, 0.717) is 19.5 Å². The maximum atomic E-state index is 11.9. The molecule has 0 bridgehead atoms. The molecule has 4 N–H and O–H groups in total. The third-order valence-corrected chi connectivity index (χ3v) is 3.02. The second-order valence-electron chi connectivity index (χ2n) is 4.65. The Balaban J connectivity index is 2.62. The van der Waals surface area contributed by atoms with Crippen molar-refractivity contribution >= 4 is 17.9 Å². The van der Waals surface area contributed by atoms with Crippen LogP contribution in [0.25, 0.3) is 0 Å². The van der Waals surface area contributed by atoms with Crippen LogP contribution in [0.15, 0.2) is 0 Å². The van der Waals surface area contributed by atoms with Crippen molar-refractivity contribution in [3.05, 3.63) is 0 Å². The summed E-state index contributed by atoms with van der Waals surface area (Å²) in [5, 5.41) is 23.2. The molecule has 8 nitrogen and oxygen atoms in total. The van der Waals surface area contributed by atoms with Crippen LogP contribution in [-0.4, -0.2) is 64.3 Å². The molecule has 8 heteroatoms. The maximum Gasteiger partial charge on any atom is 0.337 e. The summed E-state index contributed by atoms with van der Waals surface area (Å²) in [6.45, 7) is 3.16. The number of hydrogen-bond donors (Lipinski definition) is 4. The Morgan fingerprint density at radius 2 is 2.21 bits per heavy atom. The molecule has 3 amide bonds. The van der Waals surface area contributed by atoms with Crippen LogP contribution in [0.3, 0.4) is 0 Å². The van der Waals surface area contributed by atoms with E-state index in [1.54, 1.807) is 6.92 Å². The van der Waals surface area contributed by atoms with E-state index >= 15 is 0 Å². The van der Waals surface area contributed by atoms with E-state index in [0.717, 1.165) is 6.92 Å². The van der Waals surface area contributed by atoms with E-state index in [1.165, 1.54) is 4.90 Å². The lowest BCUT2D eigenvalue weighted by atomic mass is 10.1. The van der Waals surface area contributed by atoms with E-state index in [2.05, 4.69) is 10.6 Å². The monoisotopic (exact) mass is 273 g/mol. The predicted molar refractivity (Wildman–Crippen MR) is 65.5 cm³/mol. The van der Waals surface area contributed by atoms with Gasteiger partial charge in [0.25, 0.3) is 0 Å². The lowest BCUT2D eigenvalue weighted by molar-refractivity contribution is -0.155. The zero-order valence-corrected chi connectivity index (χ0v) is 11.0. The van der Waals surface area contributed by atoms with Crippen molar-refractivity contribution in [3.63, 3.8) is 0 Å². The molecule has 0 spiro atoms. The lowest BCUT2D eigenvalue weighted by Gasteiger charge is -2.35. The van der Waals surface area contributed by atoms with Crippen LogP contribution in [-0.2, 0) is 9.59 Å². The Morgan fingerprint density at radius 1 is 1.58 bits per heavy atom. The highest BCUT2D eigenvalue weighted by Crippen LogP contribution is 2.09. The Hall–Kier alpha value is -1.83. The minimum absolute atomic E-state index is 0.228. The van der Waals surface area contributed by atoms with Crippen molar-refractivity contribution in [1.29, 1.82) is 0 Å². The number of urea groups is 1. The van der Waals surface area contributed by atoms with Gasteiger partial charge in [-0.3, -0.25) is 4.79 Å². The largest absolute Gasteiger partial charge is 0.479 e. The highest BCUT2D eigenvalue weighted by molar-refractivity contribution is 5.88. The van der Waals surface area contributed by atoms with Crippen LogP contribution in [0.1, 0.15) is 20.3 Å². The summed E-state index contributed by atoms with van der Waals surface area (Å²) in [6.07, 6.45) is 0.467. The first-order valence-electron chi connectivity index (χ1n) is 6.07. The van der Waals surface area contributed by atoms with Crippen LogP contribution in [0.5, 0.6) is 0 Å². The molecule has 19 heavy (non-hydrogen) atoms. The first-order valence-corrected chi connectivity index (χ1v) is 6.07. The zero-order valence-electron chi connectivity index (χ0n) is 11.0. The van der Waals surface area contributed by atoms with Crippen LogP contribution in [0.4, 0.5) is 4.79 Å². The van der Waals surface area contributed by atoms with Crippen molar-refractivity contribution in [3.8, 4) is 0 Å².